The Hall–Kier alpha value is -3.36. The van der Waals surface area contributed by atoms with E-state index >= 15 is 0 Å². The monoisotopic (exact) mass is 402 g/mol. The lowest BCUT2D eigenvalue weighted by Crippen LogP contribution is -2.41. The van der Waals surface area contributed by atoms with Gasteiger partial charge in [-0.1, -0.05) is 23.4 Å². The van der Waals surface area contributed by atoms with E-state index in [1.54, 1.807) is 13.0 Å². The molecule has 2 rings (SSSR count). The molecule has 1 aromatic heterocycles. The molecule has 0 spiro atoms. The van der Waals surface area contributed by atoms with Gasteiger partial charge in [-0.3, -0.25) is 9.89 Å². The van der Waals surface area contributed by atoms with E-state index in [2.05, 4.69) is 20.7 Å². The summed E-state index contributed by atoms with van der Waals surface area (Å²) in [4.78, 5) is 29.0. The minimum atomic E-state index is -0.573. The third-order valence-corrected chi connectivity index (χ3v) is 3.88. The number of aromatic nitrogens is 2. The van der Waals surface area contributed by atoms with E-state index in [0.717, 1.165) is 16.9 Å². The van der Waals surface area contributed by atoms with Crippen molar-refractivity contribution in [3.8, 4) is 5.75 Å². The molecule has 2 aromatic rings. The smallest absolute Gasteiger partial charge is 0.347 e. The van der Waals surface area contributed by atoms with Crippen molar-refractivity contribution in [2.45, 2.75) is 33.7 Å². The van der Waals surface area contributed by atoms with E-state index in [-0.39, 0.29) is 25.0 Å². The lowest BCUT2D eigenvalue weighted by Gasteiger charge is -2.17. The minimum Gasteiger partial charge on any atom is -0.491 e. The van der Waals surface area contributed by atoms with E-state index in [1.807, 2.05) is 39.0 Å². The van der Waals surface area contributed by atoms with E-state index < -0.39 is 18.5 Å². The Balaban J connectivity index is 1.98. The van der Waals surface area contributed by atoms with Gasteiger partial charge in [0, 0.05) is 6.20 Å². The fourth-order valence-corrected chi connectivity index (χ4v) is 2.52. The SMILES string of the molecule is CCOC(=O)CO/N=C(/C(=O)NC(C)COc1c(C)cccc1C)c1ccn[nH]1. The van der Waals surface area contributed by atoms with Gasteiger partial charge in [-0.2, -0.15) is 5.10 Å². The number of H-pyrrole nitrogens is 1. The number of nitrogens with one attached hydrogen (secondary N) is 2. The van der Waals surface area contributed by atoms with Gasteiger partial charge in [0.05, 0.1) is 18.3 Å². The maximum Gasteiger partial charge on any atom is 0.347 e. The number of benzene rings is 1. The molecular weight excluding hydrogens is 376 g/mol. The number of ether oxygens (including phenoxy) is 2. The van der Waals surface area contributed by atoms with Crippen molar-refractivity contribution in [3.63, 3.8) is 0 Å². The van der Waals surface area contributed by atoms with Gasteiger partial charge in [0.15, 0.2) is 5.71 Å². The van der Waals surface area contributed by atoms with Crippen LogP contribution in [-0.4, -0.2) is 53.6 Å². The summed E-state index contributed by atoms with van der Waals surface area (Å²) >= 11 is 0. The highest BCUT2D eigenvalue weighted by Crippen LogP contribution is 2.22. The molecule has 0 saturated carbocycles. The first-order valence-corrected chi connectivity index (χ1v) is 9.27. The number of hydrogen-bond donors (Lipinski definition) is 2. The highest BCUT2D eigenvalue weighted by molar-refractivity contribution is 6.44. The Morgan fingerprint density at radius 1 is 1.24 bits per heavy atom. The molecule has 0 aliphatic rings. The standard InChI is InChI=1S/C20H26N4O5/c1-5-27-17(25)12-29-24-18(16-9-10-21-23-16)20(26)22-15(4)11-28-19-13(2)7-6-8-14(19)3/h6-10,15H,5,11-12H2,1-4H3,(H,21,23)(H,22,26)/b24-18+. The zero-order chi connectivity index (χ0) is 21.2. The van der Waals surface area contributed by atoms with Crippen LogP contribution in [0.2, 0.25) is 0 Å². The molecule has 0 saturated heterocycles. The van der Waals surface area contributed by atoms with Crippen molar-refractivity contribution < 1.29 is 23.9 Å². The predicted octanol–water partition coefficient (Wildman–Crippen LogP) is 1.89. The quantitative estimate of drug-likeness (QED) is 0.356. The number of esters is 1. The van der Waals surface area contributed by atoms with Crippen LogP contribution < -0.4 is 10.1 Å². The number of amides is 1. The lowest BCUT2D eigenvalue weighted by atomic mass is 10.1. The van der Waals surface area contributed by atoms with Crippen LogP contribution in [0, 0.1) is 13.8 Å². The average molecular weight is 402 g/mol. The molecule has 0 aliphatic carbocycles. The first-order chi connectivity index (χ1) is 13.9. The average Bonchev–Trinajstić information content (AvgIpc) is 3.19. The second-order valence-corrected chi connectivity index (χ2v) is 6.40. The summed E-state index contributed by atoms with van der Waals surface area (Å²) in [5.74, 6) is -0.263. The molecule has 0 fully saturated rings. The molecule has 1 unspecified atom stereocenters. The largest absolute Gasteiger partial charge is 0.491 e. The van der Waals surface area contributed by atoms with Gasteiger partial charge >= 0.3 is 5.97 Å². The number of carbonyl (C=O) groups is 2. The predicted molar refractivity (Wildman–Crippen MR) is 107 cm³/mol. The Morgan fingerprint density at radius 3 is 2.59 bits per heavy atom. The number of para-hydroxylation sites is 1. The summed E-state index contributed by atoms with van der Waals surface area (Å²) in [6, 6.07) is 7.17. The fraction of sp³-hybridized carbons (Fsp3) is 0.400. The summed E-state index contributed by atoms with van der Waals surface area (Å²) in [6.07, 6.45) is 1.48. The van der Waals surface area contributed by atoms with Gasteiger partial charge in [0.2, 0.25) is 6.61 Å². The number of nitrogens with zero attached hydrogens (tertiary/aromatic N) is 2. The highest BCUT2D eigenvalue weighted by Gasteiger charge is 2.19. The van der Waals surface area contributed by atoms with Crippen LogP contribution in [0.3, 0.4) is 0 Å². The molecular formula is C20H26N4O5. The molecule has 9 nitrogen and oxygen atoms in total. The molecule has 0 aliphatic heterocycles. The molecule has 2 N–H and O–H groups in total. The van der Waals surface area contributed by atoms with E-state index in [9.17, 15) is 9.59 Å². The summed E-state index contributed by atoms with van der Waals surface area (Å²) in [5.41, 5.74) is 2.37. The Kier molecular flexibility index (Phi) is 8.20. The zero-order valence-electron chi connectivity index (χ0n) is 17.0. The minimum absolute atomic E-state index is 0.0364. The van der Waals surface area contributed by atoms with Gasteiger partial charge in [0.25, 0.3) is 5.91 Å². The van der Waals surface area contributed by atoms with Crippen LogP contribution in [0.1, 0.15) is 30.7 Å². The number of rotatable bonds is 10. The van der Waals surface area contributed by atoms with Crippen LogP contribution in [0.25, 0.3) is 0 Å². The van der Waals surface area contributed by atoms with E-state index in [4.69, 9.17) is 14.3 Å². The number of aryl methyl sites for hydroxylation is 2. The molecule has 1 atom stereocenters. The van der Waals surface area contributed by atoms with Crippen LogP contribution in [-0.2, 0) is 19.2 Å². The van der Waals surface area contributed by atoms with Crippen LogP contribution in [0.15, 0.2) is 35.6 Å². The first kappa shape index (κ1) is 21.9. The van der Waals surface area contributed by atoms with Crippen molar-refractivity contribution in [1.29, 1.82) is 0 Å². The van der Waals surface area contributed by atoms with Gasteiger partial charge < -0.3 is 19.6 Å². The third-order valence-electron chi connectivity index (χ3n) is 3.88. The molecule has 0 radical (unpaired) electrons. The van der Waals surface area contributed by atoms with Crippen molar-refractivity contribution in [1.82, 2.24) is 15.5 Å². The van der Waals surface area contributed by atoms with Crippen LogP contribution in [0.4, 0.5) is 0 Å². The molecule has 9 heteroatoms. The molecule has 29 heavy (non-hydrogen) atoms. The highest BCUT2D eigenvalue weighted by atomic mass is 16.7. The second-order valence-electron chi connectivity index (χ2n) is 6.40. The van der Waals surface area contributed by atoms with Crippen molar-refractivity contribution in [3.05, 3.63) is 47.3 Å². The maximum atomic E-state index is 12.7. The Morgan fingerprint density at radius 2 is 1.97 bits per heavy atom. The van der Waals surface area contributed by atoms with Gasteiger partial charge in [-0.25, -0.2) is 4.79 Å². The molecule has 1 aromatic carbocycles. The van der Waals surface area contributed by atoms with Crippen molar-refractivity contribution in [2.75, 3.05) is 19.8 Å². The number of aromatic amines is 1. The summed E-state index contributed by atoms with van der Waals surface area (Å²) in [5, 5.41) is 13.1. The maximum absolute atomic E-state index is 12.7. The number of carbonyl (C=O) groups excluding carboxylic acids is 2. The summed E-state index contributed by atoms with van der Waals surface area (Å²) < 4.78 is 10.6. The normalized spacial score (nSPS) is 12.2. The van der Waals surface area contributed by atoms with Crippen molar-refractivity contribution >= 4 is 17.6 Å². The van der Waals surface area contributed by atoms with Gasteiger partial charge in [0.1, 0.15) is 12.4 Å². The van der Waals surface area contributed by atoms with Gasteiger partial charge in [-0.05, 0) is 44.9 Å². The topological polar surface area (TPSA) is 115 Å². The van der Waals surface area contributed by atoms with E-state index in [0.29, 0.717) is 5.69 Å². The van der Waals surface area contributed by atoms with E-state index in [1.165, 1.54) is 6.20 Å². The Bertz CT molecular complexity index is 828. The zero-order valence-corrected chi connectivity index (χ0v) is 17.0. The molecule has 0 bridgehead atoms. The Labute approximate surface area is 169 Å². The summed E-state index contributed by atoms with van der Waals surface area (Å²) in [7, 11) is 0. The molecule has 1 heterocycles. The third kappa shape index (κ3) is 6.63. The molecule has 1 amide bonds. The first-order valence-electron chi connectivity index (χ1n) is 9.27. The van der Waals surface area contributed by atoms with Crippen LogP contribution >= 0.6 is 0 Å². The lowest BCUT2D eigenvalue weighted by molar-refractivity contribution is -0.148. The number of hydrogen-bond acceptors (Lipinski definition) is 7. The van der Waals surface area contributed by atoms with Crippen molar-refractivity contribution in [2.24, 2.45) is 5.16 Å². The van der Waals surface area contributed by atoms with Crippen LogP contribution in [0.5, 0.6) is 5.75 Å². The molecule has 156 valence electrons. The summed E-state index contributed by atoms with van der Waals surface area (Å²) in [6.45, 7) is 7.55. The second kappa shape index (κ2) is 10.8. The fourth-order valence-electron chi connectivity index (χ4n) is 2.52. The van der Waals surface area contributed by atoms with Gasteiger partial charge in [-0.15, -0.1) is 0 Å². The number of oxime groups is 1.